The molecule has 0 bridgehead atoms. The van der Waals surface area contributed by atoms with Gasteiger partial charge in [-0.15, -0.1) is 10.2 Å². The molecule has 1 aromatic heterocycles. The number of nitrogens with one attached hydrogen (secondary N) is 1. The minimum Gasteiger partial charge on any atom is -0.311 e. The zero-order valence-electron chi connectivity index (χ0n) is 10.8. The highest BCUT2D eigenvalue weighted by atomic mass is 35.5. The van der Waals surface area contributed by atoms with Crippen molar-refractivity contribution in [1.82, 2.24) is 15.5 Å². The summed E-state index contributed by atoms with van der Waals surface area (Å²) in [5.74, 6) is -0.301. The highest BCUT2D eigenvalue weighted by Gasteiger charge is 2.15. The van der Waals surface area contributed by atoms with Crippen molar-refractivity contribution in [3.63, 3.8) is 0 Å². The maximum atomic E-state index is 13.7. The monoisotopic (exact) mass is 299 g/mol. The average molecular weight is 300 g/mol. The summed E-state index contributed by atoms with van der Waals surface area (Å²) in [7, 11) is 1.89. The van der Waals surface area contributed by atoms with Gasteiger partial charge in [0.05, 0.1) is 6.04 Å². The number of halogens is 2. The second kappa shape index (κ2) is 6.41. The summed E-state index contributed by atoms with van der Waals surface area (Å²) in [6.07, 6.45) is 1.31. The minimum atomic E-state index is -0.301. The standard InChI is InChI=1S/C13H15ClFN3S/c1-3-11(16-2)13-18-17-12(19-13)7-8-9(14)5-4-6-10(8)15/h4-6,11,16H,3,7H2,1-2H3. The highest BCUT2D eigenvalue weighted by molar-refractivity contribution is 7.11. The van der Waals surface area contributed by atoms with E-state index in [1.807, 2.05) is 7.05 Å². The first kappa shape index (κ1) is 14.4. The summed E-state index contributed by atoms with van der Waals surface area (Å²) >= 11 is 7.50. The van der Waals surface area contributed by atoms with Crippen LogP contribution in [0.2, 0.25) is 5.02 Å². The third-order valence-corrected chi connectivity index (χ3v) is 4.32. The van der Waals surface area contributed by atoms with Crippen LogP contribution in [0.15, 0.2) is 18.2 Å². The molecular formula is C13H15ClFN3S. The van der Waals surface area contributed by atoms with Crippen LogP contribution >= 0.6 is 22.9 Å². The Morgan fingerprint density at radius 3 is 2.84 bits per heavy atom. The van der Waals surface area contributed by atoms with Crippen molar-refractivity contribution in [1.29, 1.82) is 0 Å². The molecule has 3 nitrogen and oxygen atoms in total. The molecule has 1 atom stereocenters. The molecule has 19 heavy (non-hydrogen) atoms. The summed E-state index contributed by atoms with van der Waals surface area (Å²) in [6.45, 7) is 2.08. The van der Waals surface area contributed by atoms with Gasteiger partial charge >= 0.3 is 0 Å². The zero-order chi connectivity index (χ0) is 13.8. The molecule has 6 heteroatoms. The molecule has 0 saturated heterocycles. The van der Waals surface area contributed by atoms with E-state index in [0.29, 0.717) is 17.0 Å². The van der Waals surface area contributed by atoms with Crippen molar-refractivity contribution < 1.29 is 4.39 Å². The lowest BCUT2D eigenvalue weighted by atomic mass is 10.1. The predicted octanol–water partition coefficient (Wildman–Crippen LogP) is 3.59. The Bertz CT molecular complexity index is 534. The van der Waals surface area contributed by atoms with Gasteiger partial charge in [0.2, 0.25) is 0 Å². The molecule has 102 valence electrons. The van der Waals surface area contributed by atoms with Crippen LogP contribution in [-0.2, 0) is 6.42 Å². The van der Waals surface area contributed by atoms with Crippen LogP contribution in [0.3, 0.4) is 0 Å². The van der Waals surface area contributed by atoms with Crippen molar-refractivity contribution in [2.75, 3.05) is 7.05 Å². The molecule has 0 radical (unpaired) electrons. The Morgan fingerprint density at radius 2 is 2.21 bits per heavy atom. The summed E-state index contributed by atoms with van der Waals surface area (Å²) in [5, 5.41) is 13.6. The van der Waals surface area contributed by atoms with E-state index < -0.39 is 0 Å². The van der Waals surface area contributed by atoms with Crippen LogP contribution < -0.4 is 5.32 Å². The Labute approximate surface area is 120 Å². The SMILES string of the molecule is CCC(NC)c1nnc(Cc2c(F)cccc2Cl)s1. The largest absolute Gasteiger partial charge is 0.311 e. The van der Waals surface area contributed by atoms with Crippen LogP contribution in [0, 0.1) is 5.82 Å². The quantitative estimate of drug-likeness (QED) is 0.917. The van der Waals surface area contributed by atoms with E-state index in [2.05, 4.69) is 22.4 Å². The van der Waals surface area contributed by atoms with Crippen LogP contribution in [0.25, 0.3) is 0 Å². The molecule has 1 unspecified atom stereocenters. The van der Waals surface area contributed by atoms with E-state index in [1.165, 1.54) is 17.4 Å². The molecule has 0 spiro atoms. The van der Waals surface area contributed by atoms with Crippen LogP contribution in [0.5, 0.6) is 0 Å². The molecule has 0 saturated carbocycles. The minimum absolute atomic E-state index is 0.197. The van der Waals surface area contributed by atoms with Crippen LogP contribution in [0.1, 0.15) is 35.0 Å². The van der Waals surface area contributed by atoms with Gasteiger partial charge in [-0.25, -0.2) is 4.39 Å². The Kier molecular flexibility index (Phi) is 4.85. The fourth-order valence-electron chi connectivity index (χ4n) is 1.83. The van der Waals surface area contributed by atoms with Gasteiger partial charge in [0.25, 0.3) is 0 Å². The third kappa shape index (κ3) is 3.29. The third-order valence-electron chi connectivity index (χ3n) is 2.93. The van der Waals surface area contributed by atoms with E-state index in [-0.39, 0.29) is 11.9 Å². The molecule has 0 aliphatic carbocycles. The fraction of sp³-hybridized carbons (Fsp3) is 0.385. The molecule has 0 aliphatic rings. The summed E-state index contributed by atoms with van der Waals surface area (Å²) in [5.41, 5.74) is 0.476. The smallest absolute Gasteiger partial charge is 0.134 e. The van der Waals surface area contributed by atoms with E-state index in [9.17, 15) is 4.39 Å². The predicted molar refractivity (Wildman–Crippen MR) is 76.2 cm³/mol. The lowest BCUT2D eigenvalue weighted by Crippen LogP contribution is -2.14. The zero-order valence-corrected chi connectivity index (χ0v) is 12.4. The van der Waals surface area contributed by atoms with Gasteiger partial charge in [-0.2, -0.15) is 0 Å². The number of aromatic nitrogens is 2. The van der Waals surface area contributed by atoms with Gasteiger partial charge in [-0.05, 0) is 25.6 Å². The topological polar surface area (TPSA) is 37.8 Å². The van der Waals surface area contributed by atoms with E-state index >= 15 is 0 Å². The molecule has 2 rings (SSSR count). The molecule has 0 fully saturated rings. The maximum absolute atomic E-state index is 13.7. The Hall–Kier alpha value is -1.04. The first-order valence-electron chi connectivity index (χ1n) is 6.08. The summed E-state index contributed by atoms with van der Waals surface area (Å²) in [6, 6.07) is 4.89. The number of benzene rings is 1. The number of hydrogen-bond donors (Lipinski definition) is 1. The van der Waals surface area contributed by atoms with E-state index in [0.717, 1.165) is 16.4 Å². The van der Waals surface area contributed by atoms with Crippen LogP contribution in [-0.4, -0.2) is 17.2 Å². The summed E-state index contributed by atoms with van der Waals surface area (Å²) in [4.78, 5) is 0. The molecule has 0 aliphatic heterocycles. The van der Waals surface area contributed by atoms with Gasteiger partial charge in [-0.1, -0.05) is 35.9 Å². The van der Waals surface area contributed by atoms with Crippen LogP contribution in [0.4, 0.5) is 4.39 Å². The maximum Gasteiger partial charge on any atom is 0.134 e. The van der Waals surface area contributed by atoms with Gasteiger partial charge < -0.3 is 5.32 Å². The van der Waals surface area contributed by atoms with Crippen molar-refractivity contribution in [3.8, 4) is 0 Å². The number of hydrogen-bond acceptors (Lipinski definition) is 4. The molecule has 2 aromatic rings. The molecule has 1 N–H and O–H groups in total. The normalized spacial score (nSPS) is 12.6. The van der Waals surface area contributed by atoms with Crippen molar-refractivity contribution in [2.24, 2.45) is 0 Å². The van der Waals surface area contributed by atoms with Gasteiger partial charge in [0.15, 0.2) is 0 Å². The second-order valence-electron chi connectivity index (χ2n) is 4.16. The van der Waals surface area contributed by atoms with Crippen molar-refractivity contribution >= 4 is 22.9 Å². The first-order valence-corrected chi connectivity index (χ1v) is 7.27. The first-order chi connectivity index (χ1) is 9.15. The second-order valence-corrected chi connectivity index (χ2v) is 5.66. The highest BCUT2D eigenvalue weighted by Crippen LogP contribution is 2.26. The lowest BCUT2D eigenvalue weighted by molar-refractivity contribution is 0.568. The number of nitrogens with zero attached hydrogens (tertiary/aromatic N) is 2. The molecule has 1 aromatic carbocycles. The molecule has 0 amide bonds. The van der Waals surface area contributed by atoms with E-state index in [1.54, 1.807) is 12.1 Å². The fourth-order valence-corrected chi connectivity index (χ4v) is 3.11. The Balaban J connectivity index is 2.20. The van der Waals surface area contributed by atoms with Gasteiger partial charge in [0, 0.05) is 17.0 Å². The van der Waals surface area contributed by atoms with Crippen molar-refractivity contribution in [3.05, 3.63) is 44.6 Å². The van der Waals surface area contributed by atoms with Crippen molar-refractivity contribution in [2.45, 2.75) is 25.8 Å². The molecule has 1 heterocycles. The Morgan fingerprint density at radius 1 is 1.42 bits per heavy atom. The lowest BCUT2D eigenvalue weighted by Gasteiger charge is -2.08. The van der Waals surface area contributed by atoms with E-state index in [4.69, 9.17) is 11.6 Å². The van der Waals surface area contributed by atoms with Gasteiger partial charge in [0.1, 0.15) is 15.8 Å². The number of rotatable bonds is 5. The molecular weight excluding hydrogens is 285 g/mol. The average Bonchev–Trinajstić information content (AvgIpc) is 2.84. The summed E-state index contributed by atoms with van der Waals surface area (Å²) < 4.78 is 13.7. The van der Waals surface area contributed by atoms with Gasteiger partial charge in [-0.3, -0.25) is 0 Å².